The van der Waals surface area contributed by atoms with E-state index < -0.39 is 23.7 Å². The number of imide groups is 1. The van der Waals surface area contributed by atoms with E-state index >= 15 is 0 Å². The molecule has 1 aromatic heterocycles. The number of rotatable bonds is 3. The van der Waals surface area contributed by atoms with E-state index in [0.717, 1.165) is 27.9 Å². The van der Waals surface area contributed by atoms with Crippen LogP contribution in [0.2, 0.25) is 0 Å². The third-order valence-electron chi connectivity index (χ3n) is 5.34. The molecule has 2 fully saturated rings. The monoisotopic (exact) mass is 411 g/mol. The van der Waals surface area contributed by atoms with Crippen LogP contribution < -0.4 is 15.1 Å². The molecule has 4 rings (SSSR count). The second-order valence-corrected chi connectivity index (χ2v) is 7.54. The quantitative estimate of drug-likeness (QED) is 0.780. The first-order chi connectivity index (χ1) is 14.3. The second kappa shape index (κ2) is 7.74. The molecule has 2 aliphatic heterocycles. The Labute approximate surface area is 173 Å². The highest BCUT2D eigenvalue weighted by atomic mass is 19.1. The Balaban J connectivity index is 1.44. The Morgan fingerprint density at radius 1 is 1.10 bits per heavy atom. The zero-order chi connectivity index (χ0) is 21.4. The molecule has 2 aliphatic rings. The molecular formula is C21H22FN5O3. The van der Waals surface area contributed by atoms with Crippen molar-refractivity contribution in [2.24, 2.45) is 0 Å². The van der Waals surface area contributed by atoms with Gasteiger partial charge >= 0.3 is 6.03 Å². The average molecular weight is 411 g/mol. The molecular weight excluding hydrogens is 389 g/mol. The molecule has 1 aromatic carbocycles. The topological polar surface area (TPSA) is 85.8 Å². The van der Waals surface area contributed by atoms with Gasteiger partial charge in [-0.1, -0.05) is 6.07 Å². The van der Waals surface area contributed by atoms with Crippen LogP contribution in [-0.4, -0.2) is 60.5 Å². The van der Waals surface area contributed by atoms with Gasteiger partial charge in [-0.15, -0.1) is 0 Å². The van der Waals surface area contributed by atoms with E-state index in [1.54, 1.807) is 4.90 Å². The normalized spacial score (nSPS) is 16.8. The minimum atomic E-state index is -0.719. The first-order valence-corrected chi connectivity index (χ1v) is 9.72. The number of carbonyl (C=O) groups excluding carboxylic acids is 3. The van der Waals surface area contributed by atoms with E-state index in [4.69, 9.17) is 0 Å². The Hall–Kier alpha value is -3.49. The van der Waals surface area contributed by atoms with E-state index in [9.17, 15) is 18.8 Å². The highest BCUT2D eigenvalue weighted by Gasteiger charge is 2.30. The summed E-state index contributed by atoms with van der Waals surface area (Å²) in [6.45, 7) is 5.97. The zero-order valence-corrected chi connectivity index (χ0v) is 16.8. The van der Waals surface area contributed by atoms with Crippen molar-refractivity contribution in [3.05, 3.63) is 53.0 Å². The van der Waals surface area contributed by atoms with Crippen molar-refractivity contribution < 1.29 is 18.8 Å². The summed E-state index contributed by atoms with van der Waals surface area (Å²) in [5, 5.41) is 2.14. The fourth-order valence-electron chi connectivity index (χ4n) is 3.83. The fourth-order valence-corrected chi connectivity index (χ4v) is 3.83. The van der Waals surface area contributed by atoms with Crippen molar-refractivity contribution >= 4 is 29.4 Å². The number of piperazine rings is 1. The van der Waals surface area contributed by atoms with Crippen molar-refractivity contribution in [3.8, 4) is 0 Å². The van der Waals surface area contributed by atoms with Crippen molar-refractivity contribution in [1.29, 1.82) is 0 Å². The molecule has 0 bridgehead atoms. The van der Waals surface area contributed by atoms with Crippen molar-refractivity contribution in [2.45, 2.75) is 13.8 Å². The number of anilines is 2. The first kappa shape index (κ1) is 19.8. The smallest absolute Gasteiger partial charge is 0.329 e. The van der Waals surface area contributed by atoms with E-state index in [2.05, 4.69) is 21.3 Å². The molecule has 0 atom stereocenters. The summed E-state index contributed by atoms with van der Waals surface area (Å²) in [4.78, 5) is 45.3. The molecule has 0 unspecified atom stereocenters. The lowest BCUT2D eigenvalue weighted by molar-refractivity contribution is -0.117. The van der Waals surface area contributed by atoms with Gasteiger partial charge in [0, 0.05) is 38.1 Å². The van der Waals surface area contributed by atoms with Gasteiger partial charge in [0.25, 0.3) is 5.91 Å². The summed E-state index contributed by atoms with van der Waals surface area (Å²) in [6, 6.07) is 5.42. The largest absolute Gasteiger partial charge is 0.353 e. The number of amides is 4. The molecule has 0 saturated carbocycles. The van der Waals surface area contributed by atoms with Gasteiger partial charge in [0.1, 0.15) is 18.2 Å². The van der Waals surface area contributed by atoms with Crippen LogP contribution in [0, 0.1) is 19.7 Å². The van der Waals surface area contributed by atoms with E-state index in [0.29, 0.717) is 26.2 Å². The van der Waals surface area contributed by atoms with Crippen LogP contribution in [-0.2, 0) is 4.79 Å². The number of nitrogens with zero attached hydrogens (tertiary/aromatic N) is 4. The molecule has 9 heteroatoms. The maximum absolute atomic E-state index is 14.7. The van der Waals surface area contributed by atoms with Crippen molar-refractivity contribution in [2.75, 3.05) is 42.5 Å². The number of hydrogen-bond donors (Lipinski definition) is 1. The molecule has 4 amide bonds. The van der Waals surface area contributed by atoms with Crippen LogP contribution in [0.1, 0.15) is 21.5 Å². The molecule has 30 heavy (non-hydrogen) atoms. The highest BCUT2D eigenvalue weighted by molar-refractivity contribution is 6.12. The standard InChI is InChI=1S/C21H22FN5O3/c1-13-9-14(2)19(23-11-13)25-5-7-26(8-6-25)20(29)16-4-3-15(10-17(16)22)27-12-18(28)24-21(27)30/h3-4,9-11H,5-8,12H2,1-2H3,(H,24,28,30). The molecule has 2 aromatic rings. The Kier molecular flexibility index (Phi) is 5.11. The molecule has 0 spiro atoms. The lowest BCUT2D eigenvalue weighted by Crippen LogP contribution is -2.49. The van der Waals surface area contributed by atoms with Gasteiger partial charge < -0.3 is 9.80 Å². The first-order valence-electron chi connectivity index (χ1n) is 9.72. The van der Waals surface area contributed by atoms with E-state index in [1.165, 1.54) is 12.1 Å². The summed E-state index contributed by atoms with van der Waals surface area (Å²) in [6.07, 6.45) is 1.82. The number of benzene rings is 1. The van der Waals surface area contributed by atoms with Crippen molar-refractivity contribution in [1.82, 2.24) is 15.2 Å². The molecule has 2 saturated heterocycles. The minimum Gasteiger partial charge on any atom is -0.353 e. The van der Waals surface area contributed by atoms with Crippen LogP contribution >= 0.6 is 0 Å². The number of aryl methyl sites for hydroxylation is 2. The number of urea groups is 1. The maximum Gasteiger partial charge on any atom is 0.329 e. The van der Waals surface area contributed by atoms with Gasteiger partial charge in [0.2, 0.25) is 5.91 Å². The van der Waals surface area contributed by atoms with Crippen LogP contribution in [0.15, 0.2) is 30.5 Å². The SMILES string of the molecule is Cc1cnc(N2CCN(C(=O)c3ccc(N4CC(=O)NC4=O)cc3F)CC2)c(C)c1. The van der Waals surface area contributed by atoms with Crippen LogP contribution in [0.25, 0.3) is 0 Å². The van der Waals surface area contributed by atoms with Gasteiger partial charge in [0.05, 0.1) is 5.56 Å². The van der Waals surface area contributed by atoms with Crippen molar-refractivity contribution in [3.63, 3.8) is 0 Å². The zero-order valence-electron chi connectivity index (χ0n) is 16.8. The number of nitrogens with one attached hydrogen (secondary N) is 1. The maximum atomic E-state index is 14.7. The Morgan fingerprint density at radius 3 is 2.43 bits per heavy atom. The summed E-state index contributed by atoms with van der Waals surface area (Å²) in [7, 11) is 0. The van der Waals surface area contributed by atoms with Gasteiger partial charge in [-0.05, 0) is 43.2 Å². The molecule has 3 heterocycles. The number of pyridine rings is 1. The number of halogens is 1. The lowest BCUT2D eigenvalue weighted by atomic mass is 10.1. The number of hydrogen-bond acceptors (Lipinski definition) is 5. The molecule has 0 aliphatic carbocycles. The number of aromatic nitrogens is 1. The summed E-state index contributed by atoms with van der Waals surface area (Å²) in [5.41, 5.74) is 2.36. The molecule has 0 radical (unpaired) electrons. The molecule has 8 nitrogen and oxygen atoms in total. The predicted octanol–water partition coefficient (Wildman–Crippen LogP) is 1.86. The van der Waals surface area contributed by atoms with Gasteiger partial charge in [-0.25, -0.2) is 14.2 Å². The van der Waals surface area contributed by atoms with Gasteiger partial charge in [-0.2, -0.15) is 0 Å². The number of carbonyl (C=O) groups is 3. The molecule has 1 N–H and O–H groups in total. The summed E-state index contributed by atoms with van der Waals surface area (Å²) in [5.74, 6) is -0.657. The molecule has 156 valence electrons. The third-order valence-corrected chi connectivity index (χ3v) is 5.34. The second-order valence-electron chi connectivity index (χ2n) is 7.54. The van der Waals surface area contributed by atoms with Crippen LogP contribution in [0.3, 0.4) is 0 Å². The average Bonchev–Trinajstić information content (AvgIpc) is 3.05. The van der Waals surface area contributed by atoms with Crippen LogP contribution in [0.5, 0.6) is 0 Å². The van der Waals surface area contributed by atoms with E-state index in [-0.39, 0.29) is 17.8 Å². The predicted molar refractivity (Wildman–Crippen MR) is 109 cm³/mol. The highest BCUT2D eigenvalue weighted by Crippen LogP contribution is 2.23. The summed E-state index contributed by atoms with van der Waals surface area (Å²) < 4.78 is 14.7. The summed E-state index contributed by atoms with van der Waals surface area (Å²) >= 11 is 0. The van der Waals surface area contributed by atoms with Gasteiger partial charge in [-0.3, -0.25) is 19.8 Å². The minimum absolute atomic E-state index is 0.0530. The van der Waals surface area contributed by atoms with Gasteiger partial charge in [0.15, 0.2) is 0 Å². The third kappa shape index (κ3) is 3.70. The van der Waals surface area contributed by atoms with Crippen LogP contribution in [0.4, 0.5) is 20.7 Å². The Morgan fingerprint density at radius 2 is 1.83 bits per heavy atom. The fraction of sp³-hybridized carbons (Fsp3) is 0.333. The van der Waals surface area contributed by atoms with E-state index in [1.807, 2.05) is 20.0 Å². The Bertz CT molecular complexity index is 1030. The lowest BCUT2D eigenvalue weighted by Gasteiger charge is -2.36.